The maximum atomic E-state index is 12.1. The molecule has 25 heavy (non-hydrogen) atoms. The van der Waals surface area contributed by atoms with Crippen LogP contribution in [0.4, 0.5) is 0 Å². The van der Waals surface area contributed by atoms with Crippen molar-refractivity contribution in [3.63, 3.8) is 0 Å². The zero-order valence-electron chi connectivity index (χ0n) is 14.4. The van der Waals surface area contributed by atoms with Crippen LogP contribution in [0.25, 0.3) is 0 Å². The number of carbonyl (C=O) groups excluding carboxylic acids is 2. The monoisotopic (exact) mass is 369 g/mol. The van der Waals surface area contributed by atoms with Gasteiger partial charge in [-0.25, -0.2) is 13.2 Å². The number of sulfone groups is 1. The summed E-state index contributed by atoms with van der Waals surface area (Å²) in [5.41, 5.74) is 0.312. The van der Waals surface area contributed by atoms with Crippen LogP contribution in [0, 0.1) is 0 Å². The Morgan fingerprint density at radius 1 is 1.28 bits per heavy atom. The molecule has 1 aliphatic heterocycles. The lowest BCUT2D eigenvalue weighted by Crippen LogP contribution is -2.42. The fourth-order valence-corrected chi connectivity index (χ4v) is 4.09. The van der Waals surface area contributed by atoms with Gasteiger partial charge in [-0.1, -0.05) is 6.92 Å². The van der Waals surface area contributed by atoms with Gasteiger partial charge in [-0.15, -0.1) is 0 Å². The number of hydrogen-bond donors (Lipinski definition) is 1. The van der Waals surface area contributed by atoms with Gasteiger partial charge in [0.2, 0.25) is 0 Å². The molecule has 0 bridgehead atoms. The maximum absolute atomic E-state index is 12.1. The molecule has 138 valence electrons. The molecule has 7 nitrogen and oxygen atoms in total. The fraction of sp³-hybridized carbons (Fsp3) is 0.529. The van der Waals surface area contributed by atoms with Crippen molar-refractivity contribution >= 4 is 21.7 Å². The van der Waals surface area contributed by atoms with E-state index >= 15 is 0 Å². The van der Waals surface area contributed by atoms with Crippen LogP contribution in [-0.2, 0) is 19.4 Å². The highest BCUT2D eigenvalue weighted by molar-refractivity contribution is 7.91. The average Bonchev–Trinajstić information content (AvgIpc) is 2.91. The largest absolute Gasteiger partial charge is 0.494 e. The van der Waals surface area contributed by atoms with Crippen LogP contribution in [0.2, 0.25) is 0 Å². The smallest absolute Gasteiger partial charge is 0.338 e. The summed E-state index contributed by atoms with van der Waals surface area (Å²) in [5.74, 6) is -0.467. The number of esters is 1. The molecule has 1 aromatic carbocycles. The van der Waals surface area contributed by atoms with Gasteiger partial charge in [-0.3, -0.25) is 4.79 Å². The van der Waals surface area contributed by atoms with Gasteiger partial charge in [0.1, 0.15) is 5.75 Å². The Morgan fingerprint density at radius 2 is 1.96 bits per heavy atom. The highest BCUT2D eigenvalue weighted by Crippen LogP contribution is 2.15. The number of ether oxygens (including phenoxy) is 2. The first-order valence-electron chi connectivity index (χ1n) is 8.25. The van der Waals surface area contributed by atoms with Crippen molar-refractivity contribution in [1.29, 1.82) is 0 Å². The minimum absolute atomic E-state index is 0.0680. The third kappa shape index (κ3) is 5.74. The van der Waals surface area contributed by atoms with E-state index in [1.807, 2.05) is 6.92 Å². The van der Waals surface area contributed by atoms with Gasteiger partial charge in [0.25, 0.3) is 5.91 Å². The molecule has 2 atom stereocenters. The summed E-state index contributed by atoms with van der Waals surface area (Å²) < 4.78 is 33.4. The lowest BCUT2D eigenvalue weighted by atomic mass is 10.2. The second-order valence-corrected chi connectivity index (χ2v) is 8.26. The van der Waals surface area contributed by atoms with E-state index in [1.54, 1.807) is 24.3 Å². The molecule has 0 spiro atoms. The van der Waals surface area contributed by atoms with Gasteiger partial charge in [0.05, 0.1) is 23.7 Å². The van der Waals surface area contributed by atoms with Crippen LogP contribution in [0.3, 0.4) is 0 Å². The van der Waals surface area contributed by atoms with E-state index in [0.29, 0.717) is 24.3 Å². The first-order chi connectivity index (χ1) is 11.8. The Balaban J connectivity index is 1.85. The summed E-state index contributed by atoms with van der Waals surface area (Å²) in [4.78, 5) is 24.1. The van der Waals surface area contributed by atoms with Crippen molar-refractivity contribution in [3.05, 3.63) is 29.8 Å². The van der Waals surface area contributed by atoms with Crippen molar-refractivity contribution in [2.24, 2.45) is 0 Å². The summed E-state index contributed by atoms with van der Waals surface area (Å²) in [7, 11) is -3.08. The standard InChI is InChI=1S/C17H23NO6S/c1-3-9-23-15-6-4-13(5-7-15)17(20)24-12(2)16(19)18-14-8-10-25(21,22)11-14/h4-7,12,14H,3,8-11H2,1-2H3,(H,18,19)/t12-,14+/m1/s1. The highest BCUT2D eigenvalue weighted by Gasteiger charge is 2.30. The molecule has 1 heterocycles. The summed E-state index contributed by atoms with van der Waals surface area (Å²) in [6.07, 6.45) is 0.263. The van der Waals surface area contributed by atoms with Crippen LogP contribution in [0.5, 0.6) is 5.75 Å². The molecule has 1 aromatic rings. The lowest BCUT2D eigenvalue weighted by Gasteiger charge is -2.16. The van der Waals surface area contributed by atoms with E-state index in [4.69, 9.17) is 9.47 Å². The predicted molar refractivity (Wildman–Crippen MR) is 92.3 cm³/mol. The van der Waals surface area contributed by atoms with Gasteiger partial charge < -0.3 is 14.8 Å². The van der Waals surface area contributed by atoms with Gasteiger partial charge in [-0.2, -0.15) is 0 Å². The van der Waals surface area contributed by atoms with Gasteiger partial charge >= 0.3 is 5.97 Å². The van der Waals surface area contributed by atoms with Crippen molar-refractivity contribution in [3.8, 4) is 5.75 Å². The third-order valence-electron chi connectivity index (χ3n) is 3.79. The molecule has 0 aliphatic carbocycles. The van der Waals surface area contributed by atoms with Gasteiger partial charge in [-0.05, 0) is 44.0 Å². The normalized spacial score (nSPS) is 19.8. The zero-order chi connectivity index (χ0) is 18.4. The lowest BCUT2D eigenvalue weighted by molar-refractivity contribution is -0.129. The van der Waals surface area contributed by atoms with Crippen LogP contribution in [0.1, 0.15) is 37.0 Å². The van der Waals surface area contributed by atoms with E-state index in [0.717, 1.165) is 6.42 Å². The molecule has 0 aromatic heterocycles. The second kappa shape index (κ2) is 8.33. The number of benzene rings is 1. The van der Waals surface area contributed by atoms with E-state index in [9.17, 15) is 18.0 Å². The SMILES string of the molecule is CCCOc1ccc(C(=O)O[C@H](C)C(=O)N[C@H]2CCS(=O)(=O)C2)cc1. The van der Waals surface area contributed by atoms with E-state index in [2.05, 4.69) is 5.32 Å². The molecule has 0 unspecified atom stereocenters. The Labute approximate surface area is 147 Å². The van der Waals surface area contributed by atoms with E-state index in [1.165, 1.54) is 6.92 Å². The Kier molecular flexibility index (Phi) is 6.41. The van der Waals surface area contributed by atoms with Crippen LogP contribution < -0.4 is 10.1 Å². The highest BCUT2D eigenvalue weighted by atomic mass is 32.2. The molecule has 1 N–H and O–H groups in total. The topological polar surface area (TPSA) is 98.8 Å². The van der Waals surface area contributed by atoms with Crippen molar-refractivity contribution in [2.75, 3.05) is 18.1 Å². The first-order valence-corrected chi connectivity index (χ1v) is 10.1. The Bertz CT molecular complexity index is 713. The maximum Gasteiger partial charge on any atom is 0.338 e. The third-order valence-corrected chi connectivity index (χ3v) is 5.56. The molecule has 0 saturated carbocycles. The number of nitrogens with one attached hydrogen (secondary N) is 1. The van der Waals surface area contributed by atoms with Crippen LogP contribution >= 0.6 is 0 Å². The van der Waals surface area contributed by atoms with Crippen molar-refractivity contribution in [1.82, 2.24) is 5.32 Å². The summed E-state index contributed by atoms with van der Waals surface area (Å²) >= 11 is 0. The first kappa shape index (κ1) is 19.2. The number of carbonyl (C=O) groups is 2. The summed E-state index contributed by atoms with van der Waals surface area (Å²) in [6.45, 7) is 4.05. The summed E-state index contributed by atoms with van der Waals surface area (Å²) in [6, 6.07) is 6.05. The molecular weight excluding hydrogens is 346 g/mol. The minimum Gasteiger partial charge on any atom is -0.494 e. The zero-order valence-corrected chi connectivity index (χ0v) is 15.2. The number of amides is 1. The molecule has 1 aliphatic rings. The molecule has 2 rings (SSSR count). The minimum atomic E-state index is -3.08. The molecule has 8 heteroatoms. The second-order valence-electron chi connectivity index (χ2n) is 6.03. The molecule has 1 amide bonds. The van der Waals surface area contributed by atoms with E-state index < -0.39 is 33.9 Å². The van der Waals surface area contributed by atoms with Crippen molar-refractivity contribution in [2.45, 2.75) is 38.8 Å². The number of rotatable bonds is 7. The van der Waals surface area contributed by atoms with Crippen LogP contribution in [-0.4, -0.2) is 50.6 Å². The van der Waals surface area contributed by atoms with Gasteiger partial charge in [0, 0.05) is 6.04 Å². The Hall–Kier alpha value is -2.09. The van der Waals surface area contributed by atoms with Gasteiger partial charge in [0.15, 0.2) is 15.9 Å². The van der Waals surface area contributed by atoms with Crippen LogP contribution in [0.15, 0.2) is 24.3 Å². The quantitative estimate of drug-likeness (QED) is 0.728. The van der Waals surface area contributed by atoms with E-state index in [-0.39, 0.29) is 11.5 Å². The molecule has 0 radical (unpaired) electrons. The Morgan fingerprint density at radius 3 is 2.52 bits per heavy atom. The fourth-order valence-electron chi connectivity index (χ4n) is 2.42. The number of hydrogen-bond acceptors (Lipinski definition) is 6. The molecular formula is C17H23NO6S. The molecule has 1 saturated heterocycles. The molecule has 1 fully saturated rings. The van der Waals surface area contributed by atoms with Crippen molar-refractivity contribution < 1.29 is 27.5 Å². The summed E-state index contributed by atoms with van der Waals surface area (Å²) in [5, 5.41) is 2.61. The average molecular weight is 369 g/mol. The predicted octanol–water partition coefficient (Wildman–Crippen LogP) is 1.32.